The summed E-state index contributed by atoms with van der Waals surface area (Å²) in [6, 6.07) is 13.0. The van der Waals surface area contributed by atoms with Gasteiger partial charge in [0.25, 0.3) is 0 Å². The average Bonchev–Trinajstić information content (AvgIpc) is 2.91. The van der Waals surface area contributed by atoms with Crippen LogP contribution in [0.2, 0.25) is 0 Å². The molecular weight excluding hydrogens is 226 g/mol. The summed E-state index contributed by atoms with van der Waals surface area (Å²) in [6.45, 7) is 1.84. The van der Waals surface area contributed by atoms with Gasteiger partial charge in [0, 0.05) is 16.6 Å². The topological polar surface area (TPSA) is 43.1 Å². The first kappa shape index (κ1) is 10.7. The first-order chi connectivity index (χ1) is 8.75. The quantitative estimate of drug-likeness (QED) is 0.642. The van der Waals surface area contributed by atoms with E-state index < -0.39 is 0 Å². The van der Waals surface area contributed by atoms with Crippen LogP contribution in [0.4, 0.5) is 0 Å². The number of pyridine rings is 1. The van der Waals surface area contributed by atoms with Crippen LogP contribution < -0.4 is 0 Å². The van der Waals surface area contributed by atoms with E-state index >= 15 is 0 Å². The zero-order chi connectivity index (χ0) is 12.5. The van der Waals surface area contributed by atoms with Crippen LogP contribution in [0.25, 0.3) is 10.9 Å². The predicted molar refractivity (Wildman–Crippen MR) is 68.6 cm³/mol. The molecule has 0 aliphatic rings. The summed E-state index contributed by atoms with van der Waals surface area (Å²) in [7, 11) is 0. The van der Waals surface area contributed by atoms with Crippen molar-refractivity contribution in [1.82, 2.24) is 4.98 Å². The maximum atomic E-state index is 12.2. The number of nitrogens with zero attached hydrogens (tertiary/aromatic N) is 1. The third-order valence-electron chi connectivity index (χ3n) is 2.90. The van der Waals surface area contributed by atoms with E-state index in [-0.39, 0.29) is 5.78 Å². The molecule has 0 fully saturated rings. The second-order valence-corrected chi connectivity index (χ2v) is 4.12. The van der Waals surface area contributed by atoms with Crippen molar-refractivity contribution in [3.63, 3.8) is 0 Å². The Morgan fingerprint density at radius 2 is 2.00 bits per heavy atom. The smallest absolute Gasteiger partial charge is 0.230 e. The number of aryl methyl sites for hydroxylation is 1. The Bertz CT molecular complexity index is 714. The Hall–Kier alpha value is -2.42. The maximum Gasteiger partial charge on any atom is 0.230 e. The Morgan fingerprint density at radius 3 is 2.78 bits per heavy atom. The third-order valence-corrected chi connectivity index (χ3v) is 2.90. The molecule has 3 aromatic rings. The van der Waals surface area contributed by atoms with Crippen molar-refractivity contribution in [2.24, 2.45) is 0 Å². The summed E-state index contributed by atoms with van der Waals surface area (Å²) in [5.74, 6) is 0.214. The molecule has 18 heavy (non-hydrogen) atoms. The molecule has 0 bridgehead atoms. The van der Waals surface area contributed by atoms with Gasteiger partial charge in [-0.3, -0.25) is 9.78 Å². The van der Waals surface area contributed by atoms with E-state index in [2.05, 4.69) is 4.98 Å². The first-order valence-electron chi connectivity index (χ1n) is 5.70. The lowest BCUT2D eigenvalue weighted by atomic mass is 10.0. The number of ketones is 1. The highest BCUT2D eigenvalue weighted by Gasteiger charge is 2.15. The van der Waals surface area contributed by atoms with Crippen LogP contribution in [0.1, 0.15) is 21.8 Å². The summed E-state index contributed by atoms with van der Waals surface area (Å²) in [5, 5.41) is 0.956. The van der Waals surface area contributed by atoms with Crippen LogP contribution in [0.15, 0.2) is 53.1 Å². The highest BCUT2D eigenvalue weighted by molar-refractivity contribution is 6.09. The number of hydrogen-bond donors (Lipinski definition) is 0. The lowest BCUT2D eigenvalue weighted by molar-refractivity contribution is 0.101. The molecule has 0 spiro atoms. The molecule has 0 aliphatic carbocycles. The number of benzene rings is 1. The Kier molecular flexibility index (Phi) is 2.45. The minimum absolute atomic E-state index is 0.129. The second-order valence-electron chi connectivity index (χ2n) is 4.12. The zero-order valence-corrected chi connectivity index (χ0v) is 9.88. The first-order valence-corrected chi connectivity index (χ1v) is 5.70. The van der Waals surface area contributed by atoms with Gasteiger partial charge in [-0.25, -0.2) is 0 Å². The molecule has 0 atom stereocenters. The summed E-state index contributed by atoms with van der Waals surface area (Å²) < 4.78 is 5.14. The van der Waals surface area contributed by atoms with Gasteiger partial charge in [0.2, 0.25) is 5.78 Å². The van der Waals surface area contributed by atoms with E-state index in [4.69, 9.17) is 4.42 Å². The Morgan fingerprint density at radius 1 is 1.17 bits per heavy atom. The predicted octanol–water partition coefficient (Wildman–Crippen LogP) is 3.37. The molecule has 0 unspecified atom stereocenters. The molecule has 0 radical (unpaired) electrons. The molecule has 0 saturated heterocycles. The minimum atomic E-state index is -0.129. The molecule has 0 amide bonds. The monoisotopic (exact) mass is 237 g/mol. The average molecular weight is 237 g/mol. The fraction of sp³-hybridized carbons (Fsp3) is 0.0667. The standard InChI is InChI=1S/C15H11NO2/c1-10-12(15(17)14-7-4-8-18-14)9-11-5-2-3-6-13(11)16-10/h2-9H,1H3. The fourth-order valence-electron chi connectivity index (χ4n) is 1.98. The van der Waals surface area contributed by atoms with Crippen molar-refractivity contribution in [2.45, 2.75) is 6.92 Å². The molecule has 2 aromatic heterocycles. The van der Waals surface area contributed by atoms with Gasteiger partial charge in [-0.15, -0.1) is 0 Å². The summed E-state index contributed by atoms with van der Waals surface area (Å²) in [6.07, 6.45) is 1.50. The number of aromatic nitrogens is 1. The zero-order valence-electron chi connectivity index (χ0n) is 9.88. The van der Waals surface area contributed by atoms with Crippen molar-refractivity contribution in [3.8, 4) is 0 Å². The van der Waals surface area contributed by atoms with E-state index in [1.165, 1.54) is 6.26 Å². The summed E-state index contributed by atoms with van der Waals surface area (Å²) in [5.41, 5.74) is 2.20. The molecule has 88 valence electrons. The van der Waals surface area contributed by atoms with Gasteiger partial charge in [0.15, 0.2) is 5.76 Å². The molecule has 0 N–H and O–H groups in total. The van der Waals surface area contributed by atoms with E-state index in [0.29, 0.717) is 11.3 Å². The highest BCUT2D eigenvalue weighted by Crippen LogP contribution is 2.19. The highest BCUT2D eigenvalue weighted by atomic mass is 16.3. The molecule has 0 aliphatic heterocycles. The molecule has 3 heteroatoms. The van der Waals surface area contributed by atoms with Crippen molar-refractivity contribution in [2.75, 3.05) is 0 Å². The number of carbonyl (C=O) groups excluding carboxylic acids is 1. The number of rotatable bonds is 2. The van der Waals surface area contributed by atoms with Gasteiger partial charge in [-0.1, -0.05) is 18.2 Å². The van der Waals surface area contributed by atoms with Crippen molar-refractivity contribution in [3.05, 3.63) is 65.7 Å². The molecule has 3 rings (SSSR count). The van der Waals surface area contributed by atoms with E-state index in [9.17, 15) is 4.79 Å². The van der Waals surface area contributed by atoms with Crippen molar-refractivity contribution in [1.29, 1.82) is 0 Å². The summed E-state index contributed by atoms with van der Waals surface area (Å²) in [4.78, 5) is 16.7. The fourth-order valence-corrected chi connectivity index (χ4v) is 1.98. The van der Waals surface area contributed by atoms with Gasteiger partial charge in [0.05, 0.1) is 11.8 Å². The summed E-state index contributed by atoms with van der Waals surface area (Å²) >= 11 is 0. The van der Waals surface area contributed by atoms with E-state index in [1.807, 2.05) is 37.3 Å². The Balaban J connectivity index is 2.17. The third kappa shape index (κ3) is 1.70. The molecule has 3 nitrogen and oxygen atoms in total. The van der Waals surface area contributed by atoms with Crippen LogP contribution in [-0.4, -0.2) is 10.8 Å². The maximum absolute atomic E-state index is 12.2. The van der Waals surface area contributed by atoms with E-state index in [0.717, 1.165) is 16.6 Å². The van der Waals surface area contributed by atoms with Gasteiger partial charge >= 0.3 is 0 Å². The van der Waals surface area contributed by atoms with Crippen LogP contribution >= 0.6 is 0 Å². The van der Waals surface area contributed by atoms with Crippen LogP contribution in [0.3, 0.4) is 0 Å². The number of furan rings is 1. The lowest BCUT2D eigenvalue weighted by Crippen LogP contribution is -2.04. The van der Waals surface area contributed by atoms with E-state index in [1.54, 1.807) is 12.1 Å². The number of para-hydroxylation sites is 1. The van der Waals surface area contributed by atoms with Gasteiger partial charge in [0.1, 0.15) is 0 Å². The molecule has 1 aromatic carbocycles. The molecular formula is C15H11NO2. The largest absolute Gasteiger partial charge is 0.461 e. The van der Waals surface area contributed by atoms with Crippen molar-refractivity contribution >= 4 is 16.7 Å². The lowest BCUT2D eigenvalue weighted by Gasteiger charge is -2.05. The van der Waals surface area contributed by atoms with Gasteiger partial charge in [-0.2, -0.15) is 0 Å². The van der Waals surface area contributed by atoms with Crippen LogP contribution in [0, 0.1) is 6.92 Å². The second kappa shape index (κ2) is 4.11. The van der Waals surface area contributed by atoms with Crippen molar-refractivity contribution < 1.29 is 9.21 Å². The van der Waals surface area contributed by atoms with Gasteiger partial charge in [-0.05, 0) is 31.2 Å². The number of carbonyl (C=O) groups is 1. The Labute approximate surface area is 104 Å². The minimum Gasteiger partial charge on any atom is -0.461 e. The normalized spacial score (nSPS) is 10.7. The number of hydrogen-bond acceptors (Lipinski definition) is 3. The molecule has 2 heterocycles. The van der Waals surface area contributed by atoms with Crippen LogP contribution in [0.5, 0.6) is 0 Å². The SMILES string of the molecule is Cc1nc2ccccc2cc1C(=O)c1ccco1. The van der Waals surface area contributed by atoms with Gasteiger partial charge < -0.3 is 4.42 Å². The number of fused-ring (bicyclic) bond motifs is 1. The van der Waals surface area contributed by atoms with Crippen LogP contribution in [-0.2, 0) is 0 Å². The molecule has 0 saturated carbocycles.